The number of rotatable bonds is 2. The summed E-state index contributed by atoms with van der Waals surface area (Å²) in [4.78, 5) is 13.3. The molecule has 0 fully saturated rings. The van der Waals surface area contributed by atoms with Gasteiger partial charge < -0.3 is 4.42 Å². The zero-order valence-electron chi connectivity index (χ0n) is 12.3. The number of hydrogen-bond donors (Lipinski definition) is 0. The Kier molecular flexibility index (Phi) is 3.43. The molecule has 1 unspecified atom stereocenters. The second-order valence-electron chi connectivity index (χ2n) is 5.68. The first kappa shape index (κ1) is 13.2. The van der Waals surface area contributed by atoms with Gasteiger partial charge in [0.2, 0.25) is 5.89 Å². The molecule has 4 rings (SSSR count). The fraction of sp³-hybridized carbons (Fsp3) is 0.278. The Hall–Kier alpha value is -2.49. The highest BCUT2D eigenvalue weighted by molar-refractivity contribution is 5.47. The van der Waals surface area contributed by atoms with E-state index in [2.05, 4.69) is 16.0 Å². The highest BCUT2D eigenvalue weighted by Crippen LogP contribution is 2.33. The maximum Gasteiger partial charge on any atom is 0.245 e. The van der Waals surface area contributed by atoms with E-state index in [0.29, 0.717) is 11.8 Å². The van der Waals surface area contributed by atoms with Gasteiger partial charge in [-0.3, -0.25) is 9.97 Å². The van der Waals surface area contributed by atoms with Gasteiger partial charge in [0.1, 0.15) is 11.5 Å². The number of nitrogens with zero attached hydrogens (tertiary/aromatic N) is 3. The molecule has 0 bridgehead atoms. The second kappa shape index (κ2) is 5.72. The van der Waals surface area contributed by atoms with E-state index in [0.717, 1.165) is 42.8 Å². The fourth-order valence-corrected chi connectivity index (χ4v) is 3.08. The predicted molar refractivity (Wildman–Crippen MR) is 83.4 cm³/mol. The predicted octanol–water partition coefficient (Wildman–Crippen LogP) is 3.79. The minimum Gasteiger partial charge on any atom is -0.440 e. The molecule has 1 atom stereocenters. The fourth-order valence-electron chi connectivity index (χ4n) is 3.08. The number of aryl methyl sites for hydroxylation is 1. The average Bonchev–Trinajstić information content (AvgIpc) is 2.88. The summed E-state index contributed by atoms with van der Waals surface area (Å²) in [5.41, 5.74) is 3.17. The molecule has 4 heteroatoms. The number of fused-ring (bicyclic) bond motifs is 1. The molecule has 0 spiro atoms. The van der Waals surface area contributed by atoms with E-state index >= 15 is 0 Å². The Balaban J connectivity index is 1.65. The number of oxazole rings is 1. The van der Waals surface area contributed by atoms with Crippen molar-refractivity contribution in [3.8, 4) is 11.6 Å². The van der Waals surface area contributed by atoms with Crippen LogP contribution in [0, 0.1) is 0 Å². The van der Waals surface area contributed by atoms with Crippen LogP contribution in [-0.4, -0.2) is 15.0 Å². The Bertz CT molecular complexity index is 753. The van der Waals surface area contributed by atoms with Crippen LogP contribution < -0.4 is 0 Å². The first-order chi connectivity index (χ1) is 10.9. The number of hydrogen-bond acceptors (Lipinski definition) is 4. The molecule has 0 aromatic carbocycles. The lowest BCUT2D eigenvalue weighted by Gasteiger charge is -2.13. The molecule has 0 saturated heterocycles. The van der Waals surface area contributed by atoms with Crippen molar-refractivity contribution < 1.29 is 4.42 Å². The van der Waals surface area contributed by atoms with Gasteiger partial charge >= 0.3 is 0 Å². The molecule has 22 heavy (non-hydrogen) atoms. The third-order valence-electron chi connectivity index (χ3n) is 4.21. The van der Waals surface area contributed by atoms with Crippen LogP contribution in [0.3, 0.4) is 0 Å². The van der Waals surface area contributed by atoms with Crippen molar-refractivity contribution in [1.29, 1.82) is 0 Å². The molecule has 0 amide bonds. The van der Waals surface area contributed by atoms with Crippen molar-refractivity contribution in [2.75, 3.05) is 0 Å². The van der Waals surface area contributed by atoms with Crippen molar-refractivity contribution in [2.24, 2.45) is 0 Å². The Morgan fingerprint density at radius 3 is 2.91 bits per heavy atom. The minimum absolute atomic E-state index is 0.469. The van der Waals surface area contributed by atoms with Crippen molar-refractivity contribution >= 4 is 0 Å². The van der Waals surface area contributed by atoms with E-state index in [-0.39, 0.29) is 0 Å². The largest absolute Gasteiger partial charge is 0.440 e. The first-order valence-corrected chi connectivity index (χ1v) is 7.70. The van der Waals surface area contributed by atoms with E-state index in [4.69, 9.17) is 9.40 Å². The first-order valence-electron chi connectivity index (χ1n) is 7.70. The SMILES string of the molecule is c1ccc(-c2nc3c(o2)CCCC(c2cccnc2)C3)nc1. The number of aromatic nitrogens is 3. The summed E-state index contributed by atoms with van der Waals surface area (Å²) < 4.78 is 5.97. The minimum atomic E-state index is 0.469. The van der Waals surface area contributed by atoms with Gasteiger partial charge in [0.25, 0.3) is 0 Å². The summed E-state index contributed by atoms with van der Waals surface area (Å²) in [5.74, 6) is 2.13. The van der Waals surface area contributed by atoms with Gasteiger partial charge in [-0.2, -0.15) is 0 Å². The van der Waals surface area contributed by atoms with Gasteiger partial charge in [-0.15, -0.1) is 0 Å². The lowest BCUT2D eigenvalue weighted by atomic mass is 9.93. The van der Waals surface area contributed by atoms with Crippen molar-refractivity contribution in [3.05, 3.63) is 65.9 Å². The van der Waals surface area contributed by atoms with Crippen LogP contribution in [0.25, 0.3) is 11.6 Å². The molecule has 0 radical (unpaired) electrons. The average molecular weight is 291 g/mol. The molecule has 3 aromatic heterocycles. The quantitative estimate of drug-likeness (QED) is 0.674. The monoisotopic (exact) mass is 291 g/mol. The molecule has 4 nitrogen and oxygen atoms in total. The van der Waals surface area contributed by atoms with Gasteiger partial charge in [-0.1, -0.05) is 12.1 Å². The summed E-state index contributed by atoms with van der Waals surface area (Å²) in [6, 6.07) is 9.95. The van der Waals surface area contributed by atoms with Crippen LogP contribution in [0.1, 0.15) is 35.8 Å². The summed E-state index contributed by atoms with van der Waals surface area (Å²) in [5, 5.41) is 0. The van der Waals surface area contributed by atoms with Gasteiger partial charge in [0.15, 0.2) is 0 Å². The topological polar surface area (TPSA) is 51.8 Å². The number of pyridine rings is 2. The van der Waals surface area contributed by atoms with Crippen LogP contribution in [0.15, 0.2) is 53.3 Å². The molecule has 1 aliphatic rings. The van der Waals surface area contributed by atoms with E-state index < -0.39 is 0 Å². The van der Waals surface area contributed by atoms with Gasteiger partial charge in [0.05, 0.1) is 5.69 Å². The van der Waals surface area contributed by atoms with Crippen LogP contribution in [-0.2, 0) is 12.8 Å². The Morgan fingerprint density at radius 2 is 2.09 bits per heavy atom. The molecule has 1 aliphatic carbocycles. The van der Waals surface area contributed by atoms with Crippen molar-refractivity contribution in [3.63, 3.8) is 0 Å². The van der Waals surface area contributed by atoms with E-state index in [1.807, 2.05) is 36.7 Å². The molecule has 3 aromatic rings. The third-order valence-corrected chi connectivity index (χ3v) is 4.21. The zero-order chi connectivity index (χ0) is 14.8. The normalized spacial score (nSPS) is 17.7. The molecule has 0 aliphatic heterocycles. The molecule has 0 saturated carbocycles. The van der Waals surface area contributed by atoms with E-state index in [9.17, 15) is 0 Å². The maximum atomic E-state index is 5.97. The second-order valence-corrected chi connectivity index (χ2v) is 5.68. The standard InChI is InChI=1S/C18H17N3O/c1-2-10-20-15(7-1)18-21-16-11-13(5-3-8-17(16)22-18)14-6-4-9-19-12-14/h1-2,4,6-7,9-10,12-13H,3,5,8,11H2. The molecular weight excluding hydrogens is 274 g/mol. The summed E-state index contributed by atoms with van der Waals surface area (Å²) in [6.45, 7) is 0. The highest BCUT2D eigenvalue weighted by Gasteiger charge is 2.23. The smallest absolute Gasteiger partial charge is 0.245 e. The van der Waals surface area contributed by atoms with Crippen molar-refractivity contribution in [1.82, 2.24) is 15.0 Å². The highest BCUT2D eigenvalue weighted by atomic mass is 16.4. The lowest BCUT2D eigenvalue weighted by Crippen LogP contribution is -2.02. The van der Waals surface area contributed by atoms with Crippen LogP contribution in [0.5, 0.6) is 0 Å². The zero-order valence-corrected chi connectivity index (χ0v) is 12.3. The lowest BCUT2D eigenvalue weighted by molar-refractivity contribution is 0.504. The summed E-state index contributed by atoms with van der Waals surface area (Å²) >= 11 is 0. The van der Waals surface area contributed by atoms with Gasteiger partial charge in [0, 0.05) is 31.4 Å². The third kappa shape index (κ3) is 2.52. The van der Waals surface area contributed by atoms with E-state index in [1.165, 1.54) is 5.56 Å². The Labute approximate surface area is 129 Å². The summed E-state index contributed by atoms with van der Waals surface area (Å²) in [6.07, 6.45) is 9.68. The van der Waals surface area contributed by atoms with E-state index in [1.54, 1.807) is 6.20 Å². The van der Waals surface area contributed by atoms with Gasteiger partial charge in [-0.25, -0.2) is 4.98 Å². The Morgan fingerprint density at radius 1 is 1.09 bits per heavy atom. The maximum absolute atomic E-state index is 5.97. The summed E-state index contributed by atoms with van der Waals surface area (Å²) in [7, 11) is 0. The van der Waals surface area contributed by atoms with Crippen molar-refractivity contribution in [2.45, 2.75) is 31.6 Å². The molecule has 110 valence electrons. The molecule has 0 N–H and O–H groups in total. The van der Waals surface area contributed by atoms with Gasteiger partial charge in [-0.05, 0) is 42.5 Å². The van der Waals surface area contributed by atoms with Crippen LogP contribution in [0.2, 0.25) is 0 Å². The molecular formula is C18H17N3O. The molecule has 3 heterocycles. The van der Waals surface area contributed by atoms with Crippen LogP contribution in [0.4, 0.5) is 0 Å². The van der Waals surface area contributed by atoms with Crippen LogP contribution >= 0.6 is 0 Å².